The highest BCUT2D eigenvalue weighted by molar-refractivity contribution is 6.31. The lowest BCUT2D eigenvalue weighted by atomic mass is 10.00. The zero-order chi connectivity index (χ0) is 13.7. The minimum Gasteiger partial charge on any atom is -0.481 e. The first kappa shape index (κ1) is 13.8. The molecule has 1 atom stereocenters. The molecule has 0 aliphatic rings. The summed E-state index contributed by atoms with van der Waals surface area (Å²) >= 11 is 6.21. The predicted octanol–water partition coefficient (Wildman–Crippen LogP) is 3.25. The van der Waals surface area contributed by atoms with Gasteiger partial charge in [-0.25, -0.2) is 4.98 Å². The fraction of sp³-hybridized carbons (Fsp3) is 0.267. The Morgan fingerprint density at radius 2 is 2.05 bits per heavy atom. The fourth-order valence-electron chi connectivity index (χ4n) is 2.09. The Balaban J connectivity index is 2.28. The summed E-state index contributed by atoms with van der Waals surface area (Å²) in [5, 5.41) is 4.07. The summed E-state index contributed by atoms with van der Waals surface area (Å²) in [4.78, 5) is 4.23. The van der Waals surface area contributed by atoms with Gasteiger partial charge in [0.05, 0.1) is 7.11 Å². The molecule has 0 saturated heterocycles. The largest absolute Gasteiger partial charge is 0.481 e. The summed E-state index contributed by atoms with van der Waals surface area (Å²) in [7, 11) is 3.56. The van der Waals surface area contributed by atoms with E-state index in [1.165, 1.54) is 0 Å². The Labute approximate surface area is 118 Å². The summed E-state index contributed by atoms with van der Waals surface area (Å²) < 4.78 is 5.31. The second kappa shape index (κ2) is 6.55. The first-order chi connectivity index (χ1) is 9.26. The molecule has 0 radical (unpaired) electrons. The van der Waals surface area contributed by atoms with Crippen LogP contribution in [0.25, 0.3) is 0 Å². The van der Waals surface area contributed by atoms with Crippen molar-refractivity contribution >= 4 is 11.6 Å². The molecule has 2 aromatic rings. The first-order valence-corrected chi connectivity index (χ1v) is 6.53. The van der Waals surface area contributed by atoms with Crippen LogP contribution in [0.1, 0.15) is 17.2 Å². The van der Waals surface area contributed by atoms with Gasteiger partial charge in [0.2, 0.25) is 5.88 Å². The topological polar surface area (TPSA) is 34.2 Å². The van der Waals surface area contributed by atoms with Crippen LogP contribution in [0.3, 0.4) is 0 Å². The lowest BCUT2D eigenvalue weighted by molar-refractivity contribution is 0.384. The summed E-state index contributed by atoms with van der Waals surface area (Å²) in [6.45, 7) is 0. The molecule has 3 nitrogen and oxygen atoms in total. The van der Waals surface area contributed by atoms with Crippen molar-refractivity contribution in [3.63, 3.8) is 0 Å². The maximum absolute atomic E-state index is 6.21. The van der Waals surface area contributed by atoms with E-state index in [-0.39, 0.29) is 6.04 Å². The van der Waals surface area contributed by atoms with Crippen molar-refractivity contribution < 1.29 is 4.74 Å². The van der Waals surface area contributed by atoms with E-state index in [4.69, 9.17) is 16.3 Å². The minimum absolute atomic E-state index is 0.114. The smallest absolute Gasteiger partial charge is 0.217 e. The molecule has 19 heavy (non-hydrogen) atoms. The molecule has 0 bridgehead atoms. The molecule has 1 N–H and O–H groups in total. The molecule has 1 aromatic carbocycles. The molecule has 0 spiro atoms. The molecule has 0 saturated carbocycles. The highest BCUT2D eigenvalue weighted by atomic mass is 35.5. The molecule has 1 aromatic heterocycles. The van der Waals surface area contributed by atoms with Crippen LogP contribution in [0.5, 0.6) is 5.88 Å². The third kappa shape index (κ3) is 3.25. The quantitative estimate of drug-likeness (QED) is 0.910. The maximum Gasteiger partial charge on any atom is 0.217 e. The number of benzene rings is 1. The third-order valence-corrected chi connectivity index (χ3v) is 3.47. The van der Waals surface area contributed by atoms with Gasteiger partial charge in [-0.05, 0) is 31.2 Å². The number of ether oxygens (including phenoxy) is 1. The number of pyridine rings is 1. The number of halogens is 1. The lowest BCUT2D eigenvalue weighted by Gasteiger charge is -2.19. The molecular weight excluding hydrogens is 260 g/mol. The predicted molar refractivity (Wildman–Crippen MR) is 77.7 cm³/mol. The molecule has 4 heteroatoms. The highest BCUT2D eigenvalue weighted by Crippen LogP contribution is 2.27. The van der Waals surface area contributed by atoms with Gasteiger partial charge in [0.1, 0.15) is 0 Å². The second-order valence-corrected chi connectivity index (χ2v) is 4.65. The first-order valence-electron chi connectivity index (χ1n) is 6.16. The molecule has 1 unspecified atom stereocenters. The Kier molecular flexibility index (Phi) is 4.77. The number of aromatic nitrogens is 1. The molecule has 1 heterocycles. The van der Waals surface area contributed by atoms with Crippen LogP contribution in [0, 0.1) is 0 Å². The van der Waals surface area contributed by atoms with Crippen molar-refractivity contribution in [1.82, 2.24) is 10.3 Å². The number of nitrogens with zero attached hydrogens (tertiary/aromatic N) is 1. The fourth-order valence-corrected chi connectivity index (χ4v) is 2.30. The molecule has 0 aliphatic heterocycles. The van der Waals surface area contributed by atoms with Gasteiger partial charge in [0.25, 0.3) is 0 Å². The SMILES string of the molecule is CNC(Cc1ccccc1Cl)c1cccnc1OC. The Morgan fingerprint density at radius 1 is 1.26 bits per heavy atom. The lowest BCUT2D eigenvalue weighted by Crippen LogP contribution is -2.20. The standard InChI is InChI=1S/C15H17ClN2O/c1-17-14(10-11-6-3-4-8-13(11)16)12-7-5-9-18-15(12)19-2/h3-9,14,17H,10H2,1-2H3. The summed E-state index contributed by atoms with van der Waals surface area (Å²) in [6, 6.07) is 11.9. The third-order valence-electron chi connectivity index (χ3n) is 3.10. The van der Waals surface area contributed by atoms with Crippen LogP contribution in [0.4, 0.5) is 0 Å². The van der Waals surface area contributed by atoms with Gasteiger partial charge in [-0.1, -0.05) is 35.9 Å². The summed E-state index contributed by atoms with van der Waals surface area (Å²) in [5.74, 6) is 0.647. The van der Waals surface area contributed by atoms with Crippen molar-refractivity contribution in [2.45, 2.75) is 12.5 Å². The number of hydrogen-bond donors (Lipinski definition) is 1. The van der Waals surface area contributed by atoms with E-state index in [1.54, 1.807) is 13.3 Å². The van der Waals surface area contributed by atoms with Crippen molar-refractivity contribution in [2.24, 2.45) is 0 Å². The second-order valence-electron chi connectivity index (χ2n) is 4.24. The van der Waals surface area contributed by atoms with E-state index in [0.717, 1.165) is 22.6 Å². The van der Waals surface area contributed by atoms with Crippen LogP contribution in [0.2, 0.25) is 5.02 Å². The van der Waals surface area contributed by atoms with E-state index in [1.807, 2.05) is 43.4 Å². The summed E-state index contributed by atoms with van der Waals surface area (Å²) in [5.41, 5.74) is 2.14. The van der Waals surface area contributed by atoms with Gasteiger partial charge in [-0.15, -0.1) is 0 Å². The van der Waals surface area contributed by atoms with Crippen molar-refractivity contribution in [1.29, 1.82) is 0 Å². The molecule has 2 rings (SSSR count). The van der Waals surface area contributed by atoms with Gasteiger partial charge in [-0.3, -0.25) is 0 Å². The van der Waals surface area contributed by atoms with E-state index in [0.29, 0.717) is 5.88 Å². The molecule has 0 fully saturated rings. The van der Waals surface area contributed by atoms with E-state index < -0.39 is 0 Å². The number of hydrogen-bond acceptors (Lipinski definition) is 3. The van der Waals surface area contributed by atoms with Gasteiger partial charge in [-0.2, -0.15) is 0 Å². The molecule has 0 aliphatic carbocycles. The zero-order valence-electron chi connectivity index (χ0n) is 11.1. The normalized spacial score (nSPS) is 12.2. The van der Waals surface area contributed by atoms with Gasteiger partial charge in [0.15, 0.2) is 0 Å². The van der Waals surface area contributed by atoms with Crippen LogP contribution in [-0.4, -0.2) is 19.1 Å². The molecule has 0 amide bonds. The van der Waals surface area contributed by atoms with Crippen LogP contribution in [0.15, 0.2) is 42.6 Å². The monoisotopic (exact) mass is 276 g/mol. The number of methoxy groups -OCH3 is 1. The van der Waals surface area contributed by atoms with Crippen LogP contribution in [-0.2, 0) is 6.42 Å². The Bertz CT molecular complexity index is 545. The Hall–Kier alpha value is -1.58. The van der Waals surface area contributed by atoms with Crippen LogP contribution < -0.4 is 10.1 Å². The van der Waals surface area contributed by atoms with Gasteiger partial charge < -0.3 is 10.1 Å². The summed E-state index contributed by atoms with van der Waals surface area (Å²) in [6.07, 6.45) is 2.52. The van der Waals surface area contributed by atoms with E-state index in [2.05, 4.69) is 10.3 Å². The van der Waals surface area contributed by atoms with Gasteiger partial charge >= 0.3 is 0 Å². The average Bonchev–Trinajstić information content (AvgIpc) is 2.46. The number of rotatable bonds is 5. The van der Waals surface area contributed by atoms with Crippen molar-refractivity contribution in [3.8, 4) is 5.88 Å². The maximum atomic E-state index is 6.21. The highest BCUT2D eigenvalue weighted by Gasteiger charge is 2.16. The molecular formula is C15H17ClN2O. The minimum atomic E-state index is 0.114. The Morgan fingerprint density at radius 3 is 2.74 bits per heavy atom. The number of nitrogens with one attached hydrogen (secondary N) is 1. The number of likely N-dealkylation sites (N-methyl/N-ethyl adjacent to an activating group) is 1. The van der Waals surface area contributed by atoms with Crippen molar-refractivity contribution in [2.75, 3.05) is 14.2 Å². The van der Waals surface area contributed by atoms with Crippen LogP contribution >= 0.6 is 11.6 Å². The zero-order valence-corrected chi connectivity index (χ0v) is 11.8. The van der Waals surface area contributed by atoms with Gasteiger partial charge in [0, 0.05) is 22.8 Å². The average molecular weight is 277 g/mol. The van der Waals surface area contributed by atoms with Crippen molar-refractivity contribution in [3.05, 3.63) is 58.7 Å². The van der Waals surface area contributed by atoms with E-state index >= 15 is 0 Å². The molecule has 100 valence electrons. The van der Waals surface area contributed by atoms with E-state index in [9.17, 15) is 0 Å².